The molecule has 3 amide bonds. The average molecular weight is 399 g/mol. The van der Waals surface area contributed by atoms with Crippen molar-refractivity contribution >= 4 is 17.7 Å². The number of furan rings is 1. The van der Waals surface area contributed by atoms with E-state index in [1.807, 2.05) is 19.9 Å². The lowest BCUT2D eigenvalue weighted by molar-refractivity contribution is -0.131. The fourth-order valence-electron chi connectivity index (χ4n) is 4.16. The van der Waals surface area contributed by atoms with E-state index in [4.69, 9.17) is 9.15 Å². The van der Waals surface area contributed by atoms with Crippen molar-refractivity contribution in [2.75, 3.05) is 13.2 Å². The summed E-state index contributed by atoms with van der Waals surface area (Å²) in [6, 6.07) is 4.49. The predicted molar refractivity (Wildman–Crippen MR) is 104 cm³/mol. The summed E-state index contributed by atoms with van der Waals surface area (Å²) in [5, 5.41) is 2.64. The largest absolute Gasteiger partial charge is 0.466 e. The van der Waals surface area contributed by atoms with Crippen LogP contribution in [0, 0.1) is 13.8 Å². The lowest BCUT2D eigenvalue weighted by Crippen LogP contribution is -2.41. The van der Waals surface area contributed by atoms with E-state index in [1.54, 1.807) is 19.1 Å². The maximum Gasteiger partial charge on any atom is 0.325 e. The van der Waals surface area contributed by atoms with Gasteiger partial charge in [0, 0.05) is 30.1 Å². The molecule has 29 heavy (non-hydrogen) atoms. The molecule has 4 heterocycles. The first-order chi connectivity index (χ1) is 13.8. The molecule has 2 saturated heterocycles. The first kappa shape index (κ1) is 19.4. The zero-order valence-corrected chi connectivity index (χ0v) is 16.9. The van der Waals surface area contributed by atoms with Crippen molar-refractivity contribution in [2.24, 2.45) is 0 Å². The second kappa shape index (κ2) is 7.18. The van der Waals surface area contributed by atoms with Gasteiger partial charge in [0.05, 0.1) is 18.9 Å². The Bertz CT molecular complexity index is 955. The molecule has 2 atom stereocenters. The Hall–Kier alpha value is -2.87. The highest BCUT2D eigenvalue weighted by Gasteiger charge is 2.51. The zero-order valence-electron chi connectivity index (χ0n) is 16.9. The number of urea groups is 1. The van der Waals surface area contributed by atoms with Gasteiger partial charge in [0.15, 0.2) is 11.3 Å². The van der Waals surface area contributed by atoms with Crippen molar-refractivity contribution in [3.63, 3.8) is 0 Å². The third kappa shape index (κ3) is 3.27. The van der Waals surface area contributed by atoms with Crippen molar-refractivity contribution < 1.29 is 23.5 Å². The minimum absolute atomic E-state index is 0.155. The van der Waals surface area contributed by atoms with Crippen LogP contribution in [0.5, 0.6) is 0 Å². The first-order valence-electron chi connectivity index (χ1n) is 9.81. The van der Waals surface area contributed by atoms with Crippen LogP contribution in [-0.2, 0) is 21.6 Å². The molecule has 0 unspecified atom stereocenters. The molecule has 0 saturated carbocycles. The van der Waals surface area contributed by atoms with Crippen molar-refractivity contribution in [3.05, 3.63) is 47.2 Å². The molecule has 0 aliphatic carbocycles. The molecule has 2 aliphatic rings. The number of carbonyl (C=O) groups is 3. The second-order valence-electron chi connectivity index (χ2n) is 7.88. The number of aryl methyl sites for hydroxylation is 1. The second-order valence-corrected chi connectivity index (χ2v) is 7.88. The van der Waals surface area contributed by atoms with Crippen molar-refractivity contribution in [1.29, 1.82) is 0 Å². The van der Waals surface area contributed by atoms with E-state index < -0.39 is 17.5 Å². The van der Waals surface area contributed by atoms with Crippen LogP contribution in [0.2, 0.25) is 0 Å². The van der Waals surface area contributed by atoms with Crippen LogP contribution in [0.4, 0.5) is 4.79 Å². The minimum atomic E-state index is -1.31. The van der Waals surface area contributed by atoms with Crippen LogP contribution in [0.25, 0.3) is 0 Å². The summed E-state index contributed by atoms with van der Waals surface area (Å²) in [6.07, 6.45) is 3.66. The van der Waals surface area contributed by atoms with E-state index in [0.717, 1.165) is 35.7 Å². The van der Waals surface area contributed by atoms with Crippen molar-refractivity contribution in [3.8, 4) is 0 Å². The van der Waals surface area contributed by atoms with Gasteiger partial charge in [0.25, 0.3) is 5.91 Å². The number of ether oxygens (including phenoxy) is 1. The highest BCUT2D eigenvalue weighted by atomic mass is 16.5. The van der Waals surface area contributed by atoms with Crippen LogP contribution >= 0.6 is 0 Å². The molecule has 0 spiro atoms. The van der Waals surface area contributed by atoms with E-state index in [-0.39, 0.29) is 18.4 Å². The van der Waals surface area contributed by atoms with Crippen LogP contribution in [-0.4, -0.2) is 46.4 Å². The quantitative estimate of drug-likeness (QED) is 0.595. The SMILES string of the molecule is Cc1cc(C(=O)CN2C(=O)N[C@](C)(c3ccco3)C2=O)c(C)n1C[C@H]1CCCO1. The molecule has 154 valence electrons. The van der Waals surface area contributed by atoms with E-state index >= 15 is 0 Å². The number of ketones is 1. The summed E-state index contributed by atoms with van der Waals surface area (Å²) in [6.45, 7) is 6.56. The molecule has 4 rings (SSSR count). The lowest BCUT2D eigenvalue weighted by Gasteiger charge is -2.18. The standard InChI is InChI=1S/C21H25N3O5/c1-13-10-16(14(2)23(13)11-15-6-4-8-28-15)17(25)12-24-19(26)21(3,22-20(24)27)18-7-5-9-29-18/h5,7,9-10,15H,4,6,8,11-12H2,1-3H3,(H,22,27)/t15-,21-/m1/s1. The minimum Gasteiger partial charge on any atom is -0.466 e. The number of aromatic nitrogens is 1. The van der Waals surface area contributed by atoms with Crippen LogP contribution < -0.4 is 5.32 Å². The molecular weight excluding hydrogens is 374 g/mol. The first-order valence-corrected chi connectivity index (χ1v) is 9.81. The summed E-state index contributed by atoms with van der Waals surface area (Å²) < 4.78 is 13.1. The Kier molecular flexibility index (Phi) is 4.82. The molecule has 8 nitrogen and oxygen atoms in total. The Morgan fingerprint density at radius 2 is 2.14 bits per heavy atom. The number of nitrogens with one attached hydrogen (secondary N) is 1. The third-order valence-electron chi connectivity index (χ3n) is 5.87. The van der Waals surface area contributed by atoms with Gasteiger partial charge in [-0.3, -0.25) is 14.5 Å². The third-order valence-corrected chi connectivity index (χ3v) is 5.87. The number of Topliss-reactive ketones (excluding diaryl/α,β-unsaturated/α-hetero) is 1. The van der Waals surface area contributed by atoms with Gasteiger partial charge < -0.3 is 19.0 Å². The van der Waals surface area contributed by atoms with Gasteiger partial charge in [0.2, 0.25) is 0 Å². The summed E-state index contributed by atoms with van der Waals surface area (Å²) >= 11 is 0. The molecule has 8 heteroatoms. The maximum atomic E-state index is 13.0. The van der Waals surface area contributed by atoms with Gasteiger partial charge in [-0.25, -0.2) is 4.79 Å². The summed E-state index contributed by atoms with van der Waals surface area (Å²) in [4.78, 5) is 39.3. The van der Waals surface area contributed by atoms with E-state index in [9.17, 15) is 14.4 Å². The number of hydrogen-bond acceptors (Lipinski definition) is 5. The summed E-state index contributed by atoms with van der Waals surface area (Å²) in [5.74, 6) is -0.441. The smallest absolute Gasteiger partial charge is 0.325 e. The molecule has 2 aliphatic heterocycles. The molecule has 2 aromatic rings. The number of imide groups is 1. The highest BCUT2D eigenvalue weighted by molar-refractivity contribution is 6.11. The van der Waals surface area contributed by atoms with Crippen molar-refractivity contribution in [2.45, 2.75) is 51.8 Å². The normalized spacial score (nSPS) is 24.4. The molecule has 2 aromatic heterocycles. The monoisotopic (exact) mass is 399 g/mol. The van der Waals surface area contributed by atoms with Crippen LogP contribution in [0.1, 0.15) is 47.3 Å². The van der Waals surface area contributed by atoms with Gasteiger partial charge in [-0.2, -0.15) is 0 Å². The highest BCUT2D eigenvalue weighted by Crippen LogP contribution is 2.29. The maximum absolute atomic E-state index is 13.0. The van der Waals surface area contributed by atoms with E-state index in [0.29, 0.717) is 17.9 Å². The number of hydrogen-bond donors (Lipinski definition) is 1. The molecular formula is C21H25N3O5. The predicted octanol–water partition coefficient (Wildman–Crippen LogP) is 2.53. The fraction of sp³-hybridized carbons (Fsp3) is 0.476. The van der Waals surface area contributed by atoms with Gasteiger partial charge in [-0.05, 0) is 51.8 Å². The van der Waals surface area contributed by atoms with Gasteiger partial charge in [0.1, 0.15) is 5.76 Å². The molecule has 0 aromatic carbocycles. The van der Waals surface area contributed by atoms with Gasteiger partial charge >= 0.3 is 6.03 Å². The fourth-order valence-corrected chi connectivity index (χ4v) is 4.16. The van der Waals surface area contributed by atoms with Crippen LogP contribution in [0.3, 0.4) is 0 Å². The Balaban J connectivity index is 1.52. The number of amides is 3. The summed E-state index contributed by atoms with van der Waals surface area (Å²) in [5.41, 5.74) is 0.993. The number of rotatable bonds is 6. The molecule has 1 N–H and O–H groups in total. The van der Waals surface area contributed by atoms with Gasteiger partial charge in [-0.1, -0.05) is 0 Å². The van der Waals surface area contributed by atoms with E-state index in [1.165, 1.54) is 6.26 Å². The number of carbonyl (C=O) groups excluding carboxylic acids is 3. The average Bonchev–Trinajstić information content (AvgIpc) is 3.46. The van der Waals surface area contributed by atoms with Crippen LogP contribution in [0.15, 0.2) is 28.9 Å². The molecule has 0 bridgehead atoms. The van der Waals surface area contributed by atoms with Gasteiger partial charge in [-0.15, -0.1) is 0 Å². The lowest BCUT2D eigenvalue weighted by atomic mass is 9.99. The molecule has 2 fully saturated rings. The Labute approximate surface area is 168 Å². The summed E-state index contributed by atoms with van der Waals surface area (Å²) in [7, 11) is 0. The Morgan fingerprint density at radius 3 is 2.79 bits per heavy atom. The molecule has 0 radical (unpaired) electrons. The Morgan fingerprint density at radius 1 is 1.34 bits per heavy atom. The number of nitrogens with zero attached hydrogens (tertiary/aromatic N) is 2. The zero-order chi connectivity index (χ0) is 20.8. The topological polar surface area (TPSA) is 93.8 Å². The van der Waals surface area contributed by atoms with E-state index in [2.05, 4.69) is 9.88 Å². The van der Waals surface area contributed by atoms with Crippen molar-refractivity contribution in [1.82, 2.24) is 14.8 Å².